The van der Waals surface area contributed by atoms with Gasteiger partial charge in [-0.25, -0.2) is 4.99 Å². The Labute approximate surface area is 161 Å². The molecular formula is C20H30N6O. The van der Waals surface area contributed by atoms with Crippen LogP contribution in [0.1, 0.15) is 42.8 Å². The summed E-state index contributed by atoms with van der Waals surface area (Å²) < 4.78 is 8.01. The van der Waals surface area contributed by atoms with Crippen molar-refractivity contribution in [3.05, 3.63) is 47.5 Å². The first-order valence-corrected chi connectivity index (χ1v) is 9.70. The topological polar surface area (TPSA) is 76.4 Å². The van der Waals surface area contributed by atoms with Gasteiger partial charge in [-0.1, -0.05) is 29.8 Å². The van der Waals surface area contributed by atoms with Crippen molar-refractivity contribution in [2.24, 2.45) is 18.0 Å². The highest BCUT2D eigenvalue weighted by atomic mass is 16.5. The quantitative estimate of drug-likeness (QED) is 0.603. The van der Waals surface area contributed by atoms with E-state index >= 15 is 0 Å². The molecule has 27 heavy (non-hydrogen) atoms. The molecule has 2 aromatic rings. The van der Waals surface area contributed by atoms with E-state index in [9.17, 15) is 0 Å². The number of aliphatic imine (C=N–C) groups is 1. The summed E-state index contributed by atoms with van der Waals surface area (Å²) in [5.41, 5.74) is 2.53. The molecule has 3 rings (SSSR count). The molecule has 0 spiro atoms. The lowest BCUT2D eigenvalue weighted by Crippen LogP contribution is -2.42. The van der Waals surface area contributed by atoms with Gasteiger partial charge in [0, 0.05) is 32.7 Å². The Morgan fingerprint density at radius 3 is 2.81 bits per heavy atom. The van der Waals surface area contributed by atoms with Crippen LogP contribution in [0, 0.1) is 12.8 Å². The second-order valence-corrected chi connectivity index (χ2v) is 7.04. The average molecular weight is 371 g/mol. The Hall–Kier alpha value is -2.41. The van der Waals surface area contributed by atoms with E-state index in [0.29, 0.717) is 12.5 Å². The Balaban J connectivity index is 1.63. The molecule has 2 atom stereocenters. The van der Waals surface area contributed by atoms with Crippen LogP contribution in [-0.2, 0) is 18.3 Å². The number of benzene rings is 1. The average Bonchev–Trinajstić information content (AvgIpc) is 3.10. The molecule has 146 valence electrons. The predicted molar refractivity (Wildman–Crippen MR) is 106 cm³/mol. The smallest absolute Gasteiger partial charge is 0.191 e. The van der Waals surface area contributed by atoms with Crippen LogP contribution in [0.2, 0.25) is 0 Å². The lowest BCUT2D eigenvalue weighted by atomic mass is 9.89. The van der Waals surface area contributed by atoms with Gasteiger partial charge in [0.25, 0.3) is 0 Å². The minimum absolute atomic E-state index is 0.133. The van der Waals surface area contributed by atoms with Crippen molar-refractivity contribution in [1.82, 2.24) is 25.4 Å². The number of hydrogen-bond donors (Lipinski definition) is 2. The van der Waals surface area contributed by atoms with Crippen LogP contribution in [0.15, 0.2) is 35.6 Å². The van der Waals surface area contributed by atoms with Crippen molar-refractivity contribution >= 4 is 5.96 Å². The summed E-state index contributed by atoms with van der Waals surface area (Å²) in [6.07, 6.45) is 4.07. The van der Waals surface area contributed by atoms with E-state index < -0.39 is 0 Å². The summed E-state index contributed by atoms with van der Waals surface area (Å²) in [6.45, 7) is 7.14. The number of nitrogens with one attached hydrogen (secondary N) is 2. The zero-order valence-electron chi connectivity index (χ0n) is 16.5. The molecule has 0 aliphatic carbocycles. The second kappa shape index (κ2) is 9.50. The standard InChI is InChI=1S/C20H30N6O/c1-4-21-20(23-13-18-25-24-14-26(18)3)22-12-17-6-5-11-27-19(17)16-9-7-15(2)8-10-16/h7-10,14,17,19H,4-6,11-13H2,1-3H3,(H2,21,22,23). The van der Waals surface area contributed by atoms with Crippen LogP contribution in [0.3, 0.4) is 0 Å². The summed E-state index contributed by atoms with van der Waals surface area (Å²) in [5.74, 6) is 2.06. The SMILES string of the molecule is CCNC(=NCc1nncn1C)NCC1CCCOC1c1ccc(C)cc1. The van der Waals surface area contributed by atoms with Crippen LogP contribution in [0.25, 0.3) is 0 Å². The van der Waals surface area contributed by atoms with Crippen molar-refractivity contribution in [2.75, 3.05) is 19.7 Å². The summed E-state index contributed by atoms with van der Waals surface area (Å²) >= 11 is 0. The summed E-state index contributed by atoms with van der Waals surface area (Å²) in [4.78, 5) is 4.64. The molecule has 1 fully saturated rings. The van der Waals surface area contributed by atoms with E-state index in [0.717, 1.165) is 44.3 Å². The fraction of sp³-hybridized carbons (Fsp3) is 0.550. The predicted octanol–water partition coefficient (Wildman–Crippen LogP) is 2.35. The van der Waals surface area contributed by atoms with Gasteiger partial charge in [-0.2, -0.15) is 0 Å². The Morgan fingerprint density at radius 2 is 2.11 bits per heavy atom. The maximum atomic E-state index is 6.12. The Morgan fingerprint density at radius 1 is 1.30 bits per heavy atom. The van der Waals surface area contributed by atoms with Gasteiger partial charge in [-0.15, -0.1) is 10.2 Å². The molecule has 2 unspecified atom stereocenters. The fourth-order valence-electron chi connectivity index (χ4n) is 3.35. The molecule has 0 saturated carbocycles. The van der Waals surface area contributed by atoms with Crippen molar-refractivity contribution in [2.45, 2.75) is 39.3 Å². The van der Waals surface area contributed by atoms with Gasteiger partial charge in [-0.05, 0) is 32.3 Å². The highest BCUT2D eigenvalue weighted by Gasteiger charge is 2.27. The van der Waals surface area contributed by atoms with E-state index in [1.165, 1.54) is 11.1 Å². The van der Waals surface area contributed by atoms with Crippen molar-refractivity contribution in [3.8, 4) is 0 Å². The molecule has 7 nitrogen and oxygen atoms in total. The van der Waals surface area contributed by atoms with Gasteiger partial charge >= 0.3 is 0 Å². The summed E-state index contributed by atoms with van der Waals surface area (Å²) in [6, 6.07) is 8.69. The number of aryl methyl sites for hydroxylation is 2. The molecule has 1 aromatic carbocycles. The summed E-state index contributed by atoms with van der Waals surface area (Å²) in [7, 11) is 1.93. The van der Waals surface area contributed by atoms with Crippen molar-refractivity contribution in [3.63, 3.8) is 0 Å². The van der Waals surface area contributed by atoms with E-state index in [-0.39, 0.29) is 6.10 Å². The molecular weight excluding hydrogens is 340 g/mol. The molecule has 1 aliphatic heterocycles. The molecule has 1 aliphatic rings. The molecule has 1 aromatic heterocycles. The molecule has 1 saturated heterocycles. The number of nitrogens with zero attached hydrogens (tertiary/aromatic N) is 4. The van der Waals surface area contributed by atoms with Gasteiger partial charge < -0.3 is 19.9 Å². The van der Waals surface area contributed by atoms with E-state index in [2.05, 4.69) is 63.9 Å². The summed E-state index contributed by atoms with van der Waals surface area (Å²) in [5, 5.41) is 14.8. The second-order valence-electron chi connectivity index (χ2n) is 7.04. The van der Waals surface area contributed by atoms with Crippen LogP contribution >= 0.6 is 0 Å². The van der Waals surface area contributed by atoms with E-state index in [1.807, 2.05) is 11.6 Å². The lowest BCUT2D eigenvalue weighted by molar-refractivity contribution is -0.0265. The number of rotatable bonds is 6. The number of hydrogen-bond acceptors (Lipinski definition) is 4. The highest BCUT2D eigenvalue weighted by Crippen LogP contribution is 2.33. The molecule has 2 N–H and O–H groups in total. The van der Waals surface area contributed by atoms with Gasteiger partial charge in [0.15, 0.2) is 11.8 Å². The molecule has 7 heteroatoms. The maximum Gasteiger partial charge on any atom is 0.191 e. The zero-order chi connectivity index (χ0) is 19.1. The van der Waals surface area contributed by atoms with E-state index in [4.69, 9.17) is 4.74 Å². The third-order valence-corrected chi connectivity index (χ3v) is 4.91. The first-order valence-electron chi connectivity index (χ1n) is 9.70. The molecule has 0 radical (unpaired) electrons. The third kappa shape index (κ3) is 5.29. The molecule has 2 heterocycles. The third-order valence-electron chi connectivity index (χ3n) is 4.91. The van der Waals surface area contributed by atoms with Crippen molar-refractivity contribution in [1.29, 1.82) is 0 Å². The van der Waals surface area contributed by atoms with Crippen LogP contribution in [-0.4, -0.2) is 40.4 Å². The maximum absolute atomic E-state index is 6.12. The number of ether oxygens (including phenoxy) is 1. The minimum Gasteiger partial charge on any atom is -0.373 e. The van der Waals surface area contributed by atoms with Crippen LogP contribution in [0.4, 0.5) is 0 Å². The first-order chi connectivity index (χ1) is 13.2. The molecule has 0 amide bonds. The van der Waals surface area contributed by atoms with Crippen LogP contribution < -0.4 is 10.6 Å². The largest absolute Gasteiger partial charge is 0.373 e. The highest BCUT2D eigenvalue weighted by molar-refractivity contribution is 5.79. The molecule has 0 bridgehead atoms. The number of guanidine groups is 1. The normalized spacial score (nSPS) is 20.5. The van der Waals surface area contributed by atoms with Gasteiger partial charge in [0.05, 0.1) is 6.10 Å². The Bertz CT molecular complexity index is 739. The van der Waals surface area contributed by atoms with Crippen LogP contribution in [0.5, 0.6) is 0 Å². The van der Waals surface area contributed by atoms with Crippen molar-refractivity contribution < 1.29 is 4.74 Å². The fourth-order valence-corrected chi connectivity index (χ4v) is 3.35. The van der Waals surface area contributed by atoms with Gasteiger partial charge in [0.1, 0.15) is 12.9 Å². The number of aromatic nitrogens is 3. The van der Waals surface area contributed by atoms with Gasteiger partial charge in [-0.3, -0.25) is 0 Å². The van der Waals surface area contributed by atoms with Gasteiger partial charge in [0.2, 0.25) is 0 Å². The minimum atomic E-state index is 0.133. The Kier molecular flexibility index (Phi) is 6.81. The first kappa shape index (κ1) is 19.4. The lowest BCUT2D eigenvalue weighted by Gasteiger charge is -2.32. The monoisotopic (exact) mass is 370 g/mol. The zero-order valence-corrected chi connectivity index (χ0v) is 16.5. The van der Waals surface area contributed by atoms with E-state index in [1.54, 1.807) is 6.33 Å².